The van der Waals surface area contributed by atoms with Gasteiger partial charge in [0.2, 0.25) is 0 Å². The fourth-order valence-electron chi connectivity index (χ4n) is 1.80. The fourth-order valence-corrected chi connectivity index (χ4v) is 1.80. The van der Waals surface area contributed by atoms with E-state index >= 15 is 0 Å². The Hall–Kier alpha value is -1.69. The van der Waals surface area contributed by atoms with Crippen LogP contribution in [0.15, 0.2) is 12.3 Å². The van der Waals surface area contributed by atoms with Crippen molar-refractivity contribution in [3.63, 3.8) is 0 Å². The standard InChI is InChI=1S/C10H16N6/c1-7-4-8(16(3)14-7)5-9(11-2)10-6-12-15-13-10/h4,6,9,11H,5H2,1-3H3,(H,12,13,15). The summed E-state index contributed by atoms with van der Waals surface area (Å²) < 4.78 is 1.90. The molecule has 2 N–H and O–H groups in total. The molecule has 2 rings (SSSR count). The Morgan fingerprint density at radius 1 is 1.56 bits per heavy atom. The van der Waals surface area contributed by atoms with Gasteiger partial charge in [0.15, 0.2) is 0 Å². The molecule has 0 saturated heterocycles. The van der Waals surface area contributed by atoms with E-state index in [2.05, 4.69) is 31.9 Å². The van der Waals surface area contributed by atoms with Gasteiger partial charge in [0.25, 0.3) is 0 Å². The highest BCUT2D eigenvalue weighted by Crippen LogP contribution is 2.15. The number of nitrogens with zero attached hydrogens (tertiary/aromatic N) is 4. The number of aromatic nitrogens is 5. The van der Waals surface area contributed by atoms with Crippen LogP contribution in [0.2, 0.25) is 0 Å². The molecule has 0 aliphatic carbocycles. The third kappa shape index (κ3) is 2.11. The molecule has 0 aliphatic rings. The predicted octanol–water partition coefficient (Wildman–Crippen LogP) is 0.350. The Morgan fingerprint density at radius 2 is 2.38 bits per heavy atom. The van der Waals surface area contributed by atoms with E-state index in [-0.39, 0.29) is 6.04 Å². The average molecular weight is 220 g/mol. The van der Waals surface area contributed by atoms with Crippen molar-refractivity contribution in [2.75, 3.05) is 7.05 Å². The van der Waals surface area contributed by atoms with E-state index in [1.54, 1.807) is 6.20 Å². The summed E-state index contributed by atoms with van der Waals surface area (Å²) in [5.74, 6) is 0. The lowest BCUT2D eigenvalue weighted by molar-refractivity contribution is 0.547. The molecule has 6 nitrogen and oxygen atoms in total. The highest BCUT2D eigenvalue weighted by Gasteiger charge is 2.15. The van der Waals surface area contributed by atoms with Crippen LogP contribution in [-0.4, -0.2) is 32.2 Å². The molecule has 1 atom stereocenters. The van der Waals surface area contributed by atoms with Crippen molar-refractivity contribution in [3.8, 4) is 0 Å². The van der Waals surface area contributed by atoms with Crippen molar-refractivity contribution in [1.82, 2.24) is 30.5 Å². The number of aryl methyl sites for hydroxylation is 2. The second-order valence-corrected chi connectivity index (χ2v) is 3.84. The van der Waals surface area contributed by atoms with Gasteiger partial charge in [-0.15, -0.1) is 0 Å². The molecule has 0 saturated carbocycles. The molecule has 0 fully saturated rings. The quantitative estimate of drug-likeness (QED) is 0.780. The van der Waals surface area contributed by atoms with Gasteiger partial charge in [0.1, 0.15) is 0 Å². The van der Waals surface area contributed by atoms with Crippen molar-refractivity contribution >= 4 is 0 Å². The lowest BCUT2D eigenvalue weighted by Crippen LogP contribution is -2.20. The minimum absolute atomic E-state index is 0.161. The number of H-pyrrole nitrogens is 1. The molecule has 0 amide bonds. The van der Waals surface area contributed by atoms with Crippen molar-refractivity contribution in [2.45, 2.75) is 19.4 Å². The first-order chi connectivity index (χ1) is 7.70. The number of rotatable bonds is 4. The molecule has 0 aliphatic heterocycles. The normalized spacial score (nSPS) is 12.9. The van der Waals surface area contributed by atoms with Crippen LogP contribution in [0, 0.1) is 6.92 Å². The summed E-state index contributed by atoms with van der Waals surface area (Å²) in [5, 5.41) is 18.1. The third-order valence-corrected chi connectivity index (χ3v) is 2.65. The Kier molecular flexibility index (Phi) is 3.00. The molecule has 1 unspecified atom stereocenters. The Morgan fingerprint density at radius 3 is 2.88 bits per heavy atom. The van der Waals surface area contributed by atoms with E-state index in [4.69, 9.17) is 0 Å². The Balaban J connectivity index is 2.16. The summed E-state index contributed by atoms with van der Waals surface area (Å²) in [6.07, 6.45) is 2.59. The first-order valence-electron chi connectivity index (χ1n) is 5.23. The number of nitrogens with one attached hydrogen (secondary N) is 2. The van der Waals surface area contributed by atoms with Gasteiger partial charge < -0.3 is 5.32 Å². The van der Waals surface area contributed by atoms with E-state index in [0.29, 0.717) is 0 Å². The van der Waals surface area contributed by atoms with Crippen LogP contribution < -0.4 is 5.32 Å². The number of aromatic amines is 1. The Labute approximate surface area is 94.1 Å². The van der Waals surface area contributed by atoms with E-state index in [0.717, 1.165) is 17.8 Å². The third-order valence-electron chi connectivity index (χ3n) is 2.65. The first-order valence-corrected chi connectivity index (χ1v) is 5.23. The van der Waals surface area contributed by atoms with Gasteiger partial charge in [-0.2, -0.15) is 20.5 Å². The van der Waals surface area contributed by atoms with Gasteiger partial charge in [-0.3, -0.25) is 4.68 Å². The molecule has 0 aromatic carbocycles. The van der Waals surface area contributed by atoms with Crippen LogP contribution in [0.1, 0.15) is 23.1 Å². The largest absolute Gasteiger partial charge is 0.311 e. The maximum Gasteiger partial charge on any atom is 0.0997 e. The Bertz CT molecular complexity index is 444. The van der Waals surface area contributed by atoms with Crippen LogP contribution in [0.4, 0.5) is 0 Å². The predicted molar refractivity (Wildman–Crippen MR) is 59.8 cm³/mol. The average Bonchev–Trinajstić information content (AvgIpc) is 2.85. The van der Waals surface area contributed by atoms with E-state index in [9.17, 15) is 0 Å². The zero-order valence-electron chi connectivity index (χ0n) is 9.73. The summed E-state index contributed by atoms with van der Waals surface area (Å²) in [6.45, 7) is 1.99. The van der Waals surface area contributed by atoms with Crippen LogP contribution in [0.25, 0.3) is 0 Å². The van der Waals surface area contributed by atoms with Gasteiger partial charge in [0, 0.05) is 19.2 Å². The minimum Gasteiger partial charge on any atom is -0.311 e. The molecule has 0 radical (unpaired) electrons. The number of hydrogen-bond acceptors (Lipinski definition) is 4. The topological polar surface area (TPSA) is 71.4 Å². The summed E-state index contributed by atoms with van der Waals surface area (Å²) in [6, 6.07) is 2.25. The smallest absolute Gasteiger partial charge is 0.0997 e. The van der Waals surface area contributed by atoms with Crippen molar-refractivity contribution < 1.29 is 0 Å². The second-order valence-electron chi connectivity index (χ2n) is 3.84. The summed E-state index contributed by atoms with van der Waals surface area (Å²) in [5.41, 5.74) is 3.13. The van der Waals surface area contributed by atoms with Gasteiger partial charge in [-0.1, -0.05) is 0 Å². The monoisotopic (exact) mass is 220 g/mol. The molecule has 0 spiro atoms. The lowest BCUT2D eigenvalue weighted by atomic mass is 10.1. The van der Waals surface area contributed by atoms with Crippen molar-refractivity contribution in [1.29, 1.82) is 0 Å². The molecule has 2 aromatic rings. The van der Waals surface area contributed by atoms with E-state index in [1.807, 2.05) is 25.7 Å². The maximum absolute atomic E-state index is 4.32. The summed E-state index contributed by atoms with van der Waals surface area (Å²) in [4.78, 5) is 0. The number of hydrogen-bond donors (Lipinski definition) is 2. The molecular weight excluding hydrogens is 204 g/mol. The molecule has 16 heavy (non-hydrogen) atoms. The highest BCUT2D eigenvalue weighted by atomic mass is 15.3. The minimum atomic E-state index is 0.161. The van der Waals surface area contributed by atoms with Gasteiger partial charge in [0.05, 0.1) is 23.6 Å². The SMILES string of the molecule is CNC(Cc1cc(C)nn1C)c1cn[nH]n1. The van der Waals surface area contributed by atoms with Crippen molar-refractivity contribution in [3.05, 3.63) is 29.3 Å². The highest BCUT2D eigenvalue weighted by molar-refractivity contribution is 5.13. The molecule has 2 heterocycles. The lowest BCUT2D eigenvalue weighted by Gasteiger charge is -2.12. The van der Waals surface area contributed by atoms with Crippen LogP contribution in [0.3, 0.4) is 0 Å². The molecule has 0 bridgehead atoms. The number of likely N-dealkylation sites (N-methyl/N-ethyl adjacent to an activating group) is 1. The van der Waals surface area contributed by atoms with E-state index < -0.39 is 0 Å². The fraction of sp³-hybridized carbons (Fsp3) is 0.500. The summed E-state index contributed by atoms with van der Waals surface area (Å²) in [7, 11) is 3.88. The molecular formula is C10H16N6. The zero-order valence-corrected chi connectivity index (χ0v) is 9.73. The zero-order chi connectivity index (χ0) is 11.5. The van der Waals surface area contributed by atoms with Gasteiger partial charge in [-0.05, 0) is 20.0 Å². The van der Waals surface area contributed by atoms with Gasteiger partial charge >= 0.3 is 0 Å². The van der Waals surface area contributed by atoms with Gasteiger partial charge in [-0.25, -0.2) is 0 Å². The molecule has 6 heteroatoms. The second kappa shape index (κ2) is 4.44. The molecule has 86 valence electrons. The van der Waals surface area contributed by atoms with Crippen molar-refractivity contribution in [2.24, 2.45) is 7.05 Å². The first kappa shape index (κ1) is 10.8. The van der Waals surface area contributed by atoms with Crippen LogP contribution in [0.5, 0.6) is 0 Å². The molecule has 2 aromatic heterocycles. The van der Waals surface area contributed by atoms with Crippen LogP contribution >= 0.6 is 0 Å². The van der Waals surface area contributed by atoms with E-state index in [1.165, 1.54) is 5.69 Å². The maximum atomic E-state index is 4.32. The van der Waals surface area contributed by atoms with Crippen LogP contribution in [-0.2, 0) is 13.5 Å². The summed E-state index contributed by atoms with van der Waals surface area (Å²) >= 11 is 0.